The number of hydrogen-bond acceptors (Lipinski definition) is 2. The molecule has 0 aliphatic heterocycles. The van der Waals surface area contributed by atoms with Gasteiger partial charge in [-0.25, -0.2) is 0 Å². The average Bonchev–Trinajstić information content (AvgIpc) is 2.21. The Labute approximate surface area is 152 Å². The maximum Gasteiger partial charge on any atom is 2.00 e. The van der Waals surface area contributed by atoms with Crippen LogP contribution in [0.2, 0.25) is 0 Å². The van der Waals surface area contributed by atoms with Crippen molar-refractivity contribution in [1.29, 1.82) is 0 Å². The fourth-order valence-electron chi connectivity index (χ4n) is 0.964. The van der Waals surface area contributed by atoms with Gasteiger partial charge in [-0.05, 0) is 0 Å². The van der Waals surface area contributed by atoms with Crippen molar-refractivity contribution >= 4 is 70.1 Å². The van der Waals surface area contributed by atoms with Crippen molar-refractivity contribution in [1.82, 2.24) is 9.80 Å². The minimum atomic E-state index is 0. The monoisotopic (exact) mass is 552 g/mol. The SMILES string of the molecule is CCN(CC)C(=[Se])[Se-].CCN(CC)C(=[Se])[Se-].[Zn+2]. The molecule has 0 aliphatic carbocycles. The van der Waals surface area contributed by atoms with E-state index in [1.807, 2.05) is 0 Å². The predicted molar refractivity (Wildman–Crippen MR) is 78.9 cm³/mol. The molecule has 0 aromatic rings. The van der Waals surface area contributed by atoms with Crippen molar-refractivity contribution in [2.75, 3.05) is 26.2 Å². The van der Waals surface area contributed by atoms with Gasteiger partial charge < -0.3 is 0 Å². The molecule has 0 heterocycles. The first-order chi connectivity index (χ1) is 7.44. The molecule has 96 valence electrons. The molecule has 0 spiro atoms. The molecule has 0 radical (unpaired) electrons. The van der Waals surface area contributed by atoms with Gasteiger partial charge in [0.25, 0.3) is 0 Å². The van der Waals surface area contributed by atoms with Crippen LogP contribution in [0.3, 0.4) is 0 Å². The molecule has 0 bridgehead atoms. The first-order valence-corrected chi connectivity index (χ1v) is 8.78. The third-order valence-electron chi connectivity index (χ3n) is 2.04. The predicted octanol–water partition coefficient (Wildman–Crippen LogP) is -0.497. The Morgan fingerprint density at radius 1 is 0.765 bits per heavy atom. The Bertz CT molecular complexity index is 184. The molecular weight excluding hydrogens is 529 g/mol. The van der Waals surface area contributed by atoms with Crippen LogP contribution in [0.25, 0.3) is 0 Å². The van der Waals surface area contributed by atoms with E-state index in [0.717, 1.165) is 33.1 Å². The molecule has 0 unspecified atom stereocenters. The second-order valence-electron chi connectivity index (χ2n) is 2.88. The number of rotatable bonds is 6. The Balaban J connectivity index is -0.000000218. The van der Waals surface area contributed by atoms with Crippen molar-refractivity contribution < 1.29 is 19.5 Å². The van der Waals surface area contributed by atoms with Crippen LogP contribution in [0.4, 0.5) is 0 Å². The molecule has 0 saturated carbocycles. The van der Waals surface area contributed by atoms with Gasteiger partial charge in [-0.3, -0.25) is 0 Å². The summed E-state index contributed by atoms with van der Waals surface area (Å²) in [5.74, 6) is 0. The van der Waals surface area contributed by atoms with E-state index in [1.54, 1.807) is 0 Å². The fraction of sp³-hybridized carbons (Fsp3) is 0.800. The van der Waals surface area contributed by atoms with E-state index in [2.05, 4.69) is 101 Å². The summed E-state index contributed by atoms with van der Waals surface area (Å²) in [6.07, 6.45) is 0. The van der Waals surface area contributed by atoms with Crippen LogP contribution in [-0.4, -0.2) is 106 Å². The third kappa shape index (κ3) is 14.3. The van der Waals surface area contributed by atoms with E-state index in [9.17, 15) is 0 Å². The Morgan fingerprint density at radius 2 is 0.941 bits per heavy atom. The molecular formula is C10H20N2Se4Zn. The topological polar surface area (TPSA) is 6.48 Å². The summed E-state index contributed by atoms with van der Waals surface area (Å²) in [6.45, 7) is 12.8. The molecule has 2 nitrogen and oxygen atoms in total. The smallest absolute Gasteiger partial charge is 2.00 e. The van der Waals surface area contributed by atoms with E-state index in [0.29, 0.717) is 0 Å². The zero-order chi connectivity index (χ0) is 13.1. The molecule has 0 fully saturated rings. The summed E-state index contributed by atoms with van der Waals surface area (Å²) in [5.41, 5.74) is 0. The average molecular weight is 550 g/mol. The number of hydrogen-bond donors (Lipinski definition) is 0. The molecule has 0 saturated heterocycles. The molecule has 0 N–H and O–H groups in total. The maximum atomic E-state index is 2.93. The van der Waals surface area contributed by atoms with Gasteiger partial charge in [-0.1, -0.05) is 0 Å². The first-order valence-electron chi connectivity index (χ1n) is 5.36. The fourth-order valence-corrected chi connectivity index (χ4v) is 3.13. The van der Waals surface area contributed by atoms with Crippen LogP contribution in [0, 0.1) is 0 Å². The Morgan fingerprint density at radius 3 is 0.941 bits per heavy atom. The van der Waals surface area contributed by atoms with Crippen LogP contribution < -0.4 is 0 Å². The first kappa shape index (κ1) is 24.1. The Hall–Kier alpha value is 2.04. The van der Waals surface area contributed by atoms with Crippen molar-refractivity contribution in [3.63, 3.8) is 0 Å². The van der Waals surface area contributed by atoms with E-state index < -0.39 is 0 Å². The normalized spacial score (nSPS) is 8.24. The van der Waals surface area contributed by atoms with Gasteiger partial charge in [0, 0.05) is 0 Å². The van der Waals surface area contributed by atoms with E-state index in [1.165, 1.54) is 0 Å². The molecule has 7 heteroatoms. The van der Waals surface area contributed by atoms with Gasteiger partial charge in [0.05, 0.1) is 0 Å². The molecule has 0 aromatic heterocycles. The summed E-state index contributed by atoms with van der Waals surface area (Å²) < 4.78 is 2.32. The van der Waals surface area contributed by atoms with E-state index in [-0.39, 0.29) is 19.5 Å². The molecule has 17 heavy (non-hydrogen) atoms. The van der Waals surface area contributed by atoms with Crippen LogP contribution in [0.5, 0.6) is 0 Å². The summed E-state index contributed by atoms with van der Waals surface area (Å²) in [4.78, 5) is 4.44. The van der Waals surface area contributed by atoms with Crippen molar-refractivity contribution in [2.24, 2.45) is 0 Å². The molecule has 0 rings (SSSR count). The summed E-state index contributed by atoms with van der Waals surface area (Å²) in [5, 5.41) is 0. The second-order valence-corrected chi connectivity index (χ2v) is 8.74. The molecule has 0 aromatic carbocycles. The van der Waals surface area contributed by atoms with Crippen LogP contribution >= 0.6 is 0 Å². The van der Waals surface area contributed by atoms with Gasteiger partial charge in [0.2, 0.25) is 0 Å². The molecule has 0 aliphatic rings. The van der Waals surface area contributed by atoms with Gasteiger partial charge >= 0.3 is 153 Å². The largest absolute Gasteiger partial charge is 2.00 e. The number of nitrogens with zero attached hydrogens (tertiary/aromatic N) is 2. The van der Waals surface area contributed by atoms with Crippen LogP contribution in [0.1, 0.15) is 27.7 Å². The second kappa shape index (κ2) is 16.1. The summed E-state index contributed by atoms with van der Waals surface area (Å²) >= 11 is 11.7. The van der Waals surface area contributed by atoms with Crippen LogP contribution in [0.15, 0.2) is 0 Å². The third-order valence-corrected chi connectivity index (χ3v) is 4.21. The summed E-state index contributed by atoms with van der Waals surface area (Å²) in [6, 6.07) is 0. The van der Waals surface area contributed by atoms with Gasteiger partial charge in [0.15, 0.2) is 0 Å². The van der Waals surface area contributed by atoms with Gasteiger partial charge in [-0.15, -0.1) is 0 Å². The zero-order valence-corrected chi connectivity index (χ0v) is 20.9. The maximum absolute atomic E-state index is 2.93. The summed E-state index contributed by atoms with van der Waals surface area (Å²) in [7, 11) is 0. The quantitative estimate of drug-likeness (QED) is 0.413. The minimum absolute atomic E-state index is 0. The van der Waals surface area contributed by atoms with E-state index in [4.69, 9.17) is 0 Å². The van der Waals surface area contributed by atoms with Gasteiger partial charge in [0.1, 0.15) is 0 Å². The zero-order valence-electron chi connectivity index (χ0n) is 11.1. The van der Waals surface area contributed by atoms with Crippen molar-refractivity contribution in [2.45, 2.75) is 27.7 Å². The van der Waals surface area contributed by atoms with Crippen molar-refractivity contribution in [3.05, 3.63) is 0 Å². The van der Waals surface area contributed by atoms with E-state index >= 15 is 0 Å². The van der Waals surface area contributed by atoms with Crippen LogP contribution in [-0.2, 0) is 19.5 Å². The van der Waals surface area contributed by atoms with Crippen molar-refractivity contribution in [3.8, 4) is 0 Å². The minimum Gasteiger partial charge on any atom is 2.00 e. The Kier molecular flexibility index (Phi) is 22.8. The molecule has 0 atom stereocenters. The standard InChI is InChI=1S/2C5H11NSe2.Zn/c2*1-3-6(4-2)5(7)8;/h2*3-4H2,1-2H3,(H,7,8);/q;;+2/p-2. The van der Waals surface area contributed by atoms with Gasteiger partial charge in [-0.2, -0.15) is 0 Å². The molecule has 0 amide bonds.